The van der Waals surface area contributed by atoms with E-state index in [4.69, 9.17) is 25.2 Å². The highest BCUT2D eigenvalue weighted by Gasteiger charge is 2.29. The highest BCUT2D eigenvalue weighted by atomic mass is 32.2. The summed E-state index contributed by atoms with van der Waals surface area (Å²) in [5.74, 6) is -1.38. The summed E-state index contributed by atoms with van der Waals surface area (Å²) < 4.78 is 5.54. The molecule has 24 heteroatoms. The number of hydrogen-bond donors (Lipinski definition) is 10. The van der Waals surface area contributed by atoms with Crippen molar-refractivity contribution >= 4 is 71.9 Å². The first-order chi connectivity index (χ1) is 55.9. The lowest BCUT2D eigenvalue weighted by atomic mass is 9.99. The third kappa shape index (κ3) is 58.3. The van der Waals surface area contributed by atoms with Crippen molar-refractivity contribution in [3.63, 3.8) is 0 Å². The Morgan fingerprint density at radius 2 is 0.707 bits per heavy atom. The number of rotatable bonds is 46. The minimum atomic E-state index is -0.792. The minimum Gasteiger partial charge on any atom is -0.491 e. The number of nitrogens with zero attached hydrogens (tertiary/aromatic N) is 4. The molecule has 4 heterocycles. The molecule has 4 saturated heterocycles. The molecule has 4 aliphatic heterocycles. The lowest BCUT2D eigenvalue weighted by Gasteiger charge is -2.33. The molecule has 4 aliphatic rings. The molecule has 0 aliphatic carbocycles. The van der Waals surface area contributed by atoms with Crippen LogP contribution in [0.4, 0.5) is 0 Å². The van der Waals surface area contributed by atoms with Gasteiger partial charge in [-0.1, -0.05) is 196 Å². The van der Waals surface area contributed by atoms with Crippen molar-refractivity contribution in [3.05, 3.63) is 158 Å². The van der Waals surface area contributed by atoms with Gasteiger partial charge in [0.05, 0.1) is 48.6 Å². The molecular weight excluding hydrogens is 1510 g/mol. The van der Waals surface area contributed by atoms with Gasteiger partial charge in [0.25, 0.3) is 0 Å². The number of amides is 4. The highest BCUT2D eigenvalue weighted by molar-refractivity contribution is 7.99. The SMILES string of the molecule is CC.CC.CC.CC.CC(O)CCCC(O)C=C[C@H]1CCCC(=O)N1CC=CCCCC(=O)O.CC(S)CCCC(O)C=C[C@H]1CCCC(=O)N1CC=CCCCC(=O)O.O=C(O)CCCC=CCN1C(=O)CCC[C@@H]1C=CC(O)COc1ccccc1.O=C(O)CCCC=CCN1C(=O)CCC[C@@H]1C=CC(O)CSc1ccccc1. The number of ether oxygens (including phenoxy) is 1. The Morgan fingerprint density at radius 3 is 1.01 bits per heavy atom. The fourth-order valence-electron chi connectivity index (χ4n) is 12.2. The second-order valence-electron chi connectivity index (χ2n) is 27.7. The Kier molecular flexibility index (Phi) is 70.2. The second-order valence-corrected chi connectivity index (χ2v) is 29.6. The predicted octanol–water partition coefficient (Wildman–Crippen LogP) is 17.4. The Balaban J connectivity index is 0. The monoisotopic (exact) mass is 1660 g/mol. The zero-order valence-electron chi connectivity index (χ0n) is 71.6. The fourth-order valence-corrected chi connectivity index (χ4v) is 13.2. The number of likely N-dealkylation sites (tertiary alicyclic amines) is 4. The van der Waals surface area contributed by atoms with Gasteiger partial charge < -0.3 is 70.3 Å². The molecule has 0 spiro atoms. The van der Waals surface area contributed by atoms with Gasteiger partial charge in [-0.2, -0.15) is 12.6 Å². The minimum absolute atomic E-state index is 0.00120. The maximum Gasteiger partial charge on any atom is 0.303 e. The van der Waals surface area contributed by atoms with Crippen molar-refractivity contribution in [1.29, 1.82) is 0 Å². The first kappa shape index (κ1) is 110. The van der Waals surface area contributed by atoms with E-state index in [9.17, 15) is 63.9 Å². The molecule has 2 aromatic carbocycles. The van der Waals surface area contributed by atoms with Gasteiger partial charge in [-0.05, 0) is 178 Å². The van der Waals surface area contributed by atoms with Crippen molar-refractivity contribution in [2.45, 2.75) is 327 Å². The number of thiol groups is 1. The van der Waals surface area contributed by atoms with E-state index < -0.39 is 48.3 Å². The van der Waals surface area contributed by atoms with Crippen LogP contribution in [-0.4, -0.2) is 212 Å². The molecule has 22 nitrogen and oxygen atoms in total. The number of carbonyl (C=O) groups excluding carboxylic acids is 4. The zero-order chi connectivity index (χ0) is 87.1. The summed E-state index contributed by atoms with van der Waals surface area (Å²) in [4.78, 5) is 99.4. The lowest BCUT2D eigenvalue weighted by Crippen LogP contribution is -2.42. The van der Waals surface area contributed by atoms with Crippen LogP contribution >= 0.6 is 24.4 Å². The Bertz CT molecular complexity index is 2940. The number of benzene rings is 2. The maximum absolute atomic E-state index is 12.3. The Labute approximate surface area is 705 Å². The van der Waals surface area contributed by atoms with Crippen molar-refractivity contribution in [2.24, 2.45) is 0 Å². The molecule has 2 aromatic rings. The molecule has 4 fully saturated rings. The van der Waals surface area contributed by atoms with Crippen LogP contribution in [0.15, 0.2) is 163 Å². The third-order valence-electron chi connectivity index (χ3n) is 18.2. The van der Waals surface area contributed by atoms with Crippen molar-refractivity contribution < 1.29 is 89.1 Å². The molecule has 656 valence electrons. The number of carboxylic acids is 4. The predicted molar refractivity (Wildman–Crippen MR) is 473 cm³/mol. The molecule has 4 amide bonds. The number of aliphatic carboxylic acids is 4. The Morgan fingerprint density at radius 1 is 0.414 bits per heavy atom. The van der Waals surface area contributed by atoms with Crippen LogP contribution in [0, 0.1) is 0 Å². The van der Waals surface area contributed by atoms with Gasteiger partial charge in [-0.25, -0.2) is 0 Å². The molecule has 116 heavy (non-hydrogen) atoms. The molecule has 0 radical (unpaired) electrons. The average Bonchev–Trinajstić information content (AvgIpc) is 0.876. The van der Waals surface area contributed by atoms with Gasteiger partial charge in [0, 0.05) is 88.2 Å². The number of aliphatic hydroxyl groups is 5. The summed E-state index contributed by atoms with van der Waals surface area (Å²) in [5.41, 5.74) is 0. The molecule has 0 saturated carbocycles. The number of thioether (sulfide) groups is 1. The van der Waals surface area contributed by atoms with Crippen LogP contribution in [-0.2, 0) is 38.4 Å². The van der Waals surface area contributed by atoms with Crippen LogP contribution in [0.5, 0.6) is 5.75 Å². The second kappa shape index (κ2) is 73.8. The maximum atomic E-state index is 12.3. The van der Waals surface area contributed by atoms with Crippen LogP contribution < -0.4 is 4.74 Å². The molecule has 10 atom stereocenters. The fraction of sp³-hybridized carbons (Fsp3) is 0.609. The van der Waals surface area contributed by atoms with Gasteiger partial charge in [0.15, 0.2) is 0 Å². The number of piperidine rings is 4. The van der Waals surface area contributed by atoms with E-state index in [1.807, 2.05) is 217 Å². The quantitative estimate of drug-likeness (QED) is 0.0127. The van der Waals surface area contributed by atoms with Gasteiger partial charge in [-0.3, -0.25) is 38.4 Å². The summed E-state index contributed by atoms with van der Waals surface area (Å²) in [5, 5.41) is 84.6. The first-order valence-electron chi connectivity index (χ1n) is 42.7. The molecule has 6 rings (SSSR count). The summed E-state index contributed by atoms with van der Waals surface area (Å²) in [6.07, 6.45) is 47.2. The van der Waals surface area contributed by atoms with E-state index in [1.54, 1.807) is 41.8 Å². The van der Waals surface area contributed by atoms with E-state index in [0.717, 1.165) is 75.5 Å². The first-order valence-corrected chi connectivity index (χ1v) is 44.2. The van der Waals surface area contributed by atoms with Gasteiger partial charge in [0.1, 0.15) is 18.5 Å². The number of carboxylic acid groups (broad SMARTS) is 4. The van der Waals surface area contributed by atoms with E-state index >= 15 is 0 Å². The normalized spacial score (nSPS) is 18.6. The molecule has 9 N–H and O–H groups in total. The largest absolute Gasteiger partial charge is 0.491 e. The Hall–Kier alpha value is -7.58. The van der Waals surface area contributed by atoms with Crippen LogP contribution in [0.1, 0.15) is 262 Å². The highest BCUT2D eigenvalue weighted by Crippen LogP contribution is 2.26. The zero-order valence-corrected chi connectivity index (χ0v) is 73.3. The van der Waals surface area contributed by atoms with E-state index in [-0.39, 0.29) is 86.2 Å². The summed E-state index contributed by atoms with van der Waals surface area (Å²) >= 11 is 5.95. The number of unbranched alkanes of at least 4 members (excludes halogenated alkanes) is 4. The number of allylic oxidation sites excluding steroid dienone is 4. The molecule has 0 aromatic heterocycles. The van der Waals surface area contributed by atoms with Gasteiger partial charge >= 0.3 is 23.9 Å². The average molecular weight is 1660 g/mol. The summed E-state index contributed by atoms with van der Waals surface area (Å²) in [6, 6.07) is 19.3. The standard InChI is InChI=1S/C22H29NO5.C22H29NO4S.C20H33NO5.C20H33NO4S.4C2H6/c2*24-19(17-28-20-10-4-3-5-11-20)15-14-18-9-8-12-21(25)23(18)16-7-2-1-6-13-22(26)27;1-16(22)8-6-10-18(23)14-13-17-9-7-11-19(24)21(17)15-5-3-2-4-12-20(25)26;1-16(26)8-6-10-18(22)14-13-17-9-7-11-19(23)21(17)15-5-3-2-4-12-20(24)25;4*1-2/h2*2-5,7,10-11,14-15,18-19,24H,1,6,8-9,12-13,16-17H2,(H,26,27);3,5,13-14,16-18,22-23H,2,4,6-12,15H2,1H3,(H,25,26);3,5,13-14,16-18,22,26H,2,4,6-12,15H2,1H3,(H,24,25);4*1-2H3/t2*18-,19?;2*16?,17-,18?;;;;/m1111..../s1. The number of aliphatic hydroxyl groups excluding tert-OH is 5. The third-order valence-corrected chi connectivity index (χ3v) is 19.5. The topological polar surface area (TPSA) is 341 Å². The van der Waals surface area contributed by atoms with E-state index in [0.29, 0.717) is 139 Å². The van der Waals surface area contributed by atoms with Crippen LogP contribution in [0.25, 0.3) is 0 Å². The number of carbonyl (C=O) groups is 8. The van der Waals surface area contributed by atoms with Crippen molar-refractivity contribution in [2.75, 3.05) is 38.5 Å². The summed E-state index contributed by atoms with van der Waals surface area (Å²) in [6.45, 7) is 22.0. The van der Waals surface area contributed by atoms with E-state index in [1.165, 1.54) is 0 Å². The number of para-hydroxylation sites is 1. The molecular formula is C92H148N4O18S2. The number of hydrogen-bond acceptors (Lipinski definition) is 16. The smallest absolute Gasteiger partial charge is 0.303 e. The lowest BCUT2D eigenvalue weighted by molar-refractivity contribution is -0.138. The van der Waals surface area contributed by atoms with Gasteiger partial charge in [0.2, 0.25) is 23.6 Å². The van der Waals surface area contributed by atoms with Crippen molar-refractivity contribution in [3.8, 4) is 5.75 Å². The van der Waals surface area contributed by atoms with Crippen molar-refractivity contribution in [1.82, 2.24) is 19.6 Å². The molecule has 0 bridgehead atoms. The van der Waals surface area contributed by atoms with Crippen LogP contribution in [0.3, 0.4) is 0 Å². The van der Waals surface area contributed by atoms with Crippen LogP contribution in [0.2, 0.25) is 0 Å². The summed E-state index contributed by atoms with van der Waals surface area (Å²) in [7, 11) is 0. The molecule has 6 unspecified atom stereocenters. The van der Waals surface area contributed by atoms with Gasteiger partial charge in [-0.15, -0.1) is 11.8 Å². The van der Waals surface area contributed by atoms with E-state index in [2.05, 4.69) is 12.6 Å².